The molecule has 0 bridgehead atoms. The van der Waals surface area contributed by atoms with E-state index in [1.807, 2.05) is 0 Å². The molecular weight excluding hydrogens is 284 g/mol. The first kappa shape index (κ1) is 16.4. The van der Waals surface area contributed by atoms with Crippen LogP contribution in [-0.2, 0) is 15.7 Å². The van der Waals surface area contributed by atoms with E-state index in [9.17, 15) is 32.6 Å². The molecule has 20 heavy (non-hydrogen) atoms. The topological polar surface area (TPSA) is 66.8 Å². The van der Waals surface area contributed by atoms with Crippen LogP contribution in [0.4, 0.5) is 17.6 Å². The summed E-state index contributed by atoms with van der Waals surface area (Å²) >= 11 is 0. The Labute approximate surface area is 111 Å². The number of ether oxygens (including phenoxy) is 1. The summed E-state index contributed by atoms with van der Waals surface area (Å²) in [6.45, 7) is 1.26. The SMILES string of the molecule is CCOC(=O)C(O)C(O)c1c(F)cccc1C(F)(F)F. The number of hydrogen-bond acceptors (Lipinski definition) is 4. The molecule has 2 unspecified atom stereocenters. The Morgan fingerprint density at radius 2 is 1.95 bits per heavy atom. The minimum Gasteiger partial charge on any atom is -0.464 e. The monoisotopic (exact) mass is 296 g/mol. The van der Waals surface area contributed by atoms with Crippen molar-refractivity contribution in [2.24, 2.45) is 0 Å². The highest BCUT2D eigenvalue weighted by atomic mass is 19.4. The number of esters is 1. The normalized spacial score (nSPS) is 14.8. The molecule has 0 radical (unpaired) electrons. The number of rotatable bonds is 4. The highest BCUT2D eigenvalue weighted by Gasteiger charge is 2.39. The van der Waals surface area contributed by atoms with Crippen LogP contribution in [0.15, 0.2) is 18.2 Å². The molecule has 1 aromatic rings. The summed E-state index contributed by atoms with van der Waals surface area (Å²) in [6.07, 6.45) is -9.63. The Balaban J connectivity index is 3.22. The molecular formula is C12H12F4O4. The predicted octanol–water partition coefficient (Wildman–Crippen LogP) is 1.80. The van der Waals surface area contributed by atoms with Gasteiger partial charge in [0.1, 0.15) is 11.9 Å². The molecule has 0 aliphatic heterocycles. The van der Waals surface area contributed by atoms with Gasteiger partial charge in [-0.15, -0.1) is 0 Å². The van der Waals surface area contributed by atoms with Crippen molar-refractivity contribution >= 4 is 5.97 Å². The summed E-state index contributed by atoms with van der Waals surface area (Å²) in [5.74, 6) is -2.72. The number of benzene rings is 1. The Morgan fingerprint density at radius 3 is 2.45 bits per heavy atom. The molecule has 2 atom stereocenters. The fourth-order valence-corrected chi connectivity index (χ4v) is 1.60. The van der Waals surface area contributed by atoms with E-state index in [4.69, 9.17) is 0 Å². The van der Waals surface area contributed by atoms with Gasteiger partial charge in [0, 0.05) is 5.56 Å². The van der Waals surface area contributed by atoms with E-state index in [0.29, 0.717) is 12.1 Å². The first-order valence-corrected chi connectivity index (χ1v) is 5.58. The third-order valence-corrected chi connectivity index (χ3v) is 2.48. The van der Waals surface area contributed by atoms with Crippen LogP contribution in [0.3, 0.4) is 0 Å². The number of aliphatic hydroxyl groups excluding tert-OH is 2. The van der Waals surface area contributed by atoms with Gasteiger partial charge in [0.25, 0.3) is 0 Å². The average Bonchev–Trinajstić information content (AvgIpc) is 2.36. The molecule has 112 valence electrons. The van der Waals surface area contributed by atoms with E-state index in [1.54, 1.807) is 0 Å². The molecule has 4 nitrogen and oxygen atoms in total. The van der Waals surface area contributed by atoms with Crippen LogP contribution in [0.25, 0.3) is 0 Å². The van der Waals surface area contributed by atoms with Crippen molar-refractivity contribution in [1.29, 1.82) is 0 Å². The summed E-state index contributed by atoms with van der Waals surface area (Å²) in [7, 11) is 0. The van der Waals surface area contributed by atoms with Crippen molar-refractivity contribution in [3.63, 3.8) is 0 Å². The van der Waals surface area contributed by atoms with Gasteiger partial charge >= 0.3 is 12.1 Å². The summed E-state index contributed by atoms with van der Waals surface area (Å²) < 4.78 is 56.1. The van der Waals surface area contributed by atoms with E-state index in [0.717, 1.165) is 6.07 Å². The molecule has 0 aromatic heterocycles. The smallest absolute Gasteiger partial charge is 0.416 e. The molecule has 1 rings (SSSR count). The lowest BCUT2D eigenvalue weighted by molar-refractivity contribution is -0.161. The lowest BCUT2D eigenvalue weighted by atomic mass is 9.97. The van der Waals surface area contributed by atoms with Crippen molar-refractivity contribution in [2.45, 2.75) is 25.3 Å². The van der Waals surface area contributed by atoms with E-state index < -0.39 is 41.3 Å². The molecule has 0 saturated heterocycles. The molecule has 0 fully saturated rings. The Hall–Kier alpha value is -1.67. The minimum absolute atomic E-state index is 0.147. The quantitative estimate of drug-likeness (QED) is 0.657. The van der Waals surface area contributed by atoms with Crippen molar-refractivity contribution in [1.82, 2.24) is 0 Å². The van der Waals surface area contributed by atoms with Crippen LogP contribution in [0.5, 0.6) is 0 Å². The van der Waals surface area contributed by atoms with Crippen LogP contribution in [0.1, 0.15) is 24.2 Å². The Kier molecular flexibility index (Phi) is 5.07. The maximum atomic E-state index is 13.5. The Morgan fingerprint density at radius 1 is 1.35 bits per heavy atom. The van der Waals surface area contributed by atoms with Gasteiger partial charge in [-0.2, -0.15) is 13.2 Å². The summed E-state index contributed by atoms with van der Waals surface area (Å²) in [4.78, 5) is 11.2. The maximum absolute atomic E-state index is 13.5. The van der Waals surface area contributed by atoms with Gasteiger partial charge in [-0.25, -0.2) is 9.18 Å². The van der Waals surface area contributed by atoms with Gasteiger partial charge in [-0.3, -0.25) is 0 Å². The van der Waals surface area contributed by atoms with Crippen molar-refractivity contribution < 1.29 is 37.3 Å². The summed E-state index contributed by atoms with van der Waals surface area (Å²) in [6, 6.07) is 2.04. The van der Waals surface area contributed by atoms with Crippen molar-refractivity contribution in [3.05, 3.63) is 35.1 Å². The lowest BCUT2D eigenvalue weighted by Gasteiger charge is -2.21. The molecule has 0 amide bonds. The summed E-state index contributed by atoms with van der Waals surface area (Å²) in [5, 5.41) is 19.0. The molecule has 0 saturated carbocycles. The second-order valence-electron chi connectivity index (χ2n) is 3.84. The van der Waals surface area contributed by atoms with Crippen LogP contribution in [0.2, 0.25) is 0 Å². The van der Waals surface area contributed by atoms with E-state index in [-0.39, 0.29) is 6.61 Å². The standard InChI is InChI=1S/C12H12F4O4/c1-2-20-11(19)10(18)9(17)8-6(12(14,15)16)4-3-5-7(8)13/h3-5,9-10,17-18H,2H2,1H3. The summed E-state index contributed by atoms with van der Waals surface area (Å²) in [5.41, 5.74) is -2.66. The van der Waals surface area contributed by atoms with Crippen molar-refractivity contribution in [2.75, 3.05) is 6.61 Å². The number of alkyl halides is 3. The highest BCUT2D eigenvalue weighted by molar-refractivity contribution is 5.75. The first-order chi connectivity index (χ1) is 9.20. The first-order valence-electron chi connectivity index (χ1n) is 5.58. The van der Waals surface area contributed by atoms with Crippen molar-refractivity contribution in [3.8, 4) is 0 Å². The Bertz CT molecular complexity index is 487. The number of hydrogen-bond donors (Lipinski definition) is 2. The van der Waals surface area contributed by atoms with Crippen LogP contribution >= 0.6 is 0 Å². The van der Waals surface area contributed by atoms with Gasteiger partial charge in [0.2, 0.25) is 0 Å². The molecule has 0 spiro atoms. The van der Waals surface area contributed by atoms with Crippen LogP contribution in [-0.4, -0.2) is 28.9 Å². The third-order valence-electron chi connectivity index (χ3n) is 2.48. The number of carbonyl (C=O) groups excluding carboxylic acids is 1. The van der Waals surface area contributed by atoms with Gasteiger partial charge in [-0.05, 0) is 19.1 Å². The third kappa shape index (κ3) is 3.45. The highest BCUT2D eigenvalue weighted by Crippen LogP contribution is 2.36. The molecule has 0 aliphatic carbocycles. The molecule has 8 heteroatoms. The minimum atomic E-state index is -4.94. The van der Waals surface area contributed by atoms with Gasteiger partial charge in [0.05, 0.1) is 12.2 Å². The molecule has 0 heterocycles. The fraction of sp³-hybridized carbons (Fsp3) is 0.417. The lowest BCUT2D eigenvalue weighted by Crippen LogP contribution is -2.31. The van der Waals surface area contributed by atoms with Crippen LogP contribution < -0.4 is 0 Å². The molecule has 1 aromatic carbocycles. The van der Waals surface area contributed by atoms with E-state index in [1.165, 1.54) is 6.92 Å². The zero-order valence-electron chi connectivity index (χ0n) is 10.3. The molecule has 0 aliphatic rings. The maximum Gasteiger partial charge on any atom is 0.416 e. The number of aliphatic hydroxyl groups is 2. The van der Waals surface area contributed by atoms with E-state index in [2.05, 4.69) is 4.74 Å². The second-order valence-corrected chi connectivity index (χ2v) is 3.84. The number of halogens is 4. The predicted molar refractivity (Wildman–Crippen MR) is 59.0 cm³/mol. The molecule has 2 N–H and O–H groups in total. The van der Waals surface area contributed by atoms with Gasteiger partial charge in [-0.1, -0.05) is 6.07 Å². The van der Waals surface area contributed by atoms with Crippen LogP contribution in [0, 0.1) is 5.82 Å². The zero-order chi connectivity index (χ0) is 15.5. The largest absolute Gasteiger partial charge is 0.464 e. The number of carbonyl (C=O) groups is 1. The second kappa shape index (κ2) is 6.19. The average molecular weight is 296 g/mol. The van der Waals surface area contributed by atoms with Gasteiger partial charge < -0.3 is 14.9 Å². The van der Waals surface area contributed by atoms with Gasteiger partial charge in [0.15, 0.2) is 6.10 Å². The van der Waals surface area contributed by atoms with E-state index >= 15 is 0 Å². The zero-order valence-corrected chi connectivity index (χ0v) is 10.3. The fourth-order valence-electron chi connectivity index (χ4n) is 1.60.